The van der Waals surface area contributed by atoms with Crippen molar-refractivity contribution in [1.82, 2.24) is 30.6 Å². The van der Waals surface area contributed by atoms with E-state index in [2.05, 4.69) is 31.7 Å². The summed E-state index contributed by atoms with van der Waals surface area (Å²) in [5.74, 6) is 0.305. The van der Waals surface area contributed by atoms with E-state index in [9.17, 15) is 9.59 Å². The molecule has 0 saturated heterocycles. The van der Waals surface area contributed by atoms with Crippen LogP contribution < -0.4 is 10.6 Å². The number of aromatic amines is 2. The lowest BCUT2D eigenvalue weighted by atomic mass is 9.98. The molecule has 3 aromatic carbocycles. The first-order valence-corrected chi connectivity index (χ1v) is 13.5. The number of nitrogens with zero attached hydrogens (tertiary/aromatic N) is 2. The average molecular weight is 543 g/mol. The number of amides is 2. The molecule has 2 amide bonds. The van der Waals surface area contributed by atoms with E-state index in [1.165, 1.54) is 0 Å². The van der Waals surface area contributed by atoms with Crippen LogP contribution in [-0.2, 0) is 0 Å². The fourth-order valence-corrected chi connectivity index (χ4v) is 5.64. The number of hydrogen-bond acceptors (Lipinski definition) is 5. The lowest BCUT2D eigenvalue weighted by Gasteiger charge is -2.16. The van der Waals surface area contributed by atoms with Gasteiger partial charge in [0.1, 0.15) is 11.5 Å². The predicted octanol–water partition coefficient (Wildman–Crippen LogP) is 4.72. The minimum Gasteiger partial charge on any atom is -0.396 e. The summed E-state index contributed by atoms with van der Waals surface area (Å²) in [6.45, 7) is 0.435. The van der Waals surface area contributed by atoms with Gasteiger partial charge in [0.2, 0.25) is 0 Å². The molecule has 3 aromatic heterocycles. The SMILES string of the molecule is O=C(NCCCO)c1ccc2nc(-c3cccc4c3-c3ccccc3C4NC(=O)c3ccnc4[nH]ccc34)[nH]c2c1. The van der Waals surface area contributed by atoms with Crippen molar-refractivity contribution < 1.29 is 14.7 Å². The summed E-state index contributed by atoms with van der Waals surface area (Å²) in [5, 5.41) is 15.8. The van der Waals surface area contributed by atoms with Crippen LogP contribution in [0, 0.1) is 0 Å². The minimum atomic E-state index is -0.339. The van der Waals surface area contributed by atoms with Gasteiger partial charge in [0.15, 0.2) is 0 Å². The van der Waals surface area contributed by atoms with Crippen molar-refractivity contribution in [2.45, 2.75) is 12.5 Å². The first-order chi connectivity index (χ1) is 20.1. The number of H-pyrrole nitrogens is 2. The van der Waals surface area contributed by atoms with Gasteiger partial charge in [-0.3, -0.25) is 9.59 Å². The Morgan fingerprint density at radius 2 is 1.78 bits per heavy atom. The molecule has 0 radical (unpaired) electrons. The van der Waals surface area contributed by atoms with Crippen molar-refractivity contribution in [3.05, 3.63) is 107 Å². The zero-order valence-corrected chi connectivity index (χ0v) is 21.9. The van der Waals surface area contributed by atoms with Crippen LogP contribution in [-0.4, -0.2) is 50.0 Å². The molecule has 0 bridgehead atoms. The third kappa shape index (κ3) is 4.23. The number of carbonyl (C=O) groups is 2. The standard InChI is InChI=1S/C32H26N6O3/c39-16-4-13-35-31(40)18-9-10-25-26(17-18)37-30(36-25)24-8-3-7-23-27(24)19-5-1-2-6-20(19)28(23)38-32(41)22-12-15-34-29-21(22)11-14-33-29/h1-3,5-12,14-15,17,28,39H,4,13,16H2,(H,33,34)(H,35,40)(H,36,37)(H,38,41). The zero-order chi connectivity index (χ0) is 27.9. The topological polar surface area (TPSA) is 136 Å². The summed E-state index contributed by atoms with van der Waals surface area (Å²) in [4.78, 5) is 41.7. The normalized spacial score (nSPS) is 13.7. The van der Waals surface area contributed by atoms with E-state index in [1.54, 1.807) is 30.6 Å². The monoisotopic (exact) mass is 542 g/mol. The number of benzene rings is 3. The molecule has 6 aromatic rings. The van der Waals surface area contributed by atoms with E-state index < -0.39 is 0 Å². The van der Waals surface area contributed by atoms with Gasteiger partial charge in [-0.25, -0.2) is 9.97 Å². The predicted molar refractivity (Wildman–Crippen MR) is 156 cm³/mol. The van der Waals surface area contributed by atoms with Crippen molar-refractivity contribution in [1.29, 1.82) is 0 Å². The van der Waals surface area contributed by atoms with Crippen LogP contribution >= 0.6 is 0 Å². The molecule has 0 fully saturated rings. The fraction of sp³-hybridized carbons (Fsp3) is 0.125. The van der Waals surface area contributed by atoms with Gasteiger partial charge in [0.05, 0.1) is 22.6 Å². The van der Waals surface area contributed by atoms with Gasteiger partial charge in [-0.1, -0.05) is 42.5 Å². The van der Waals surface area contributed by atoms with Crippen molar-refractivity contribution in [2.75, 3.05) is 13.2 Å². The number of rotatable bonds is 7. The second-order valence-electron chi connectivity index (χ2n) is 10.0. The molecule has 9 heteroatoms. The third-order valence-corrected chi connectivity index (χ3v) is 7.55. The molecule has 0 aliphatic heterocycles. The van der Waals surface area contributed by atoms with Crippen LogP contribution in [0.25, 0.3) is 44.6 Å². The quantitative estimate of drug-likeness (QED) is 0.186. The van der Waals surface area contributed by atoms with Crippen LogP contribution in [0.5, 0.6) is 0 Å². The molecule has 1 atom stereocenters. The molecular formula is C32H26N6O3. The summed E-state index contributed by atoms with van der Waals surface area (Å²) < 4.78 is 0. The Morgan fingerprint density at radius 3 is 2.68 bits per heavy atom. The number of fused-ring (bicyclic) bond motifs is 5. The van der Waals surface area contributed by atoms with Gasteiger partial charge >= 0.3 is 0 Å². The number of pyridine rings is 1. The van der Waals surface area contributed by atoms with E-state index in [4.69, 9.17) is 10.1 Å². The highest BCUT2D eigenvalue weighted by molar-refractivity contribution is 6.06. The first kappa shape index (κ1) is 24.7. The highest BCUT2D eigenvalue weighted by Crippen LogP contribution is 2.47. The number of aliphatic hydroxyl groups is 1. The van der Waals surface area contributed by atoms with E-state index in [0.29, 0.717) is 35.6 Å². The number of aliphatic hydroxyl groups excluding tert-OH is 1. The molecule has 5 N–H and O–H groups in total. The Balaban J connectivity index is 1.26. The van der Waals surface area contributed by atoms with Crippen molar-refractivity contribution in [3.8, 4) is 22.5 Å². The Kier molecular flexibility index (Phi) is 6.06. The second-order valence-corrected chi connectivity index (χ2v) is 10.0. The lowest BCUT2D eigenvalue weighted by Crippen LogP contribution is -2.28. The maximum absolute atomic E-state index is 13.6. The van der Waals surface area contributed by atoms with E-state index in [0.717, 1.165) is 44.2 Å². The minimum absolute atomic E-state index is 0.0266. The summed E-state index contributed by atoms with van der Waals surface area (Å²) in [7, 11) is 0. The van der Waals surface area contributed by atoms with Gasteiger partial charge in [0.25, 0.3) is 11.8 Å². The maximum Gasteiger partial charge on any atom is 0.252 e. The maximum atomic E-state index is 13.6. The molecule has 1 unspecified atom stereocenters. The molecule has 1 aliphatic carbocycles. The molecular weight excluding hydrogens is 516 g/mol. The zero-order valence-electron chi connectivity index (χ0n) is 21.9. The number of imidazole rings is 1. The molecule has 3 heterocycles. The lowest BCUT2D eigenvalue weighted by molar-refractivity contribution is 0.0939. The molecule has 202 valence electrons. The largest absolute Gasteiger partial charge is 0.396 e. The Hall–Kier alpha value is -5.28. The molecule has 1 aliphatic rings. The van der Waals surface area contributed by atoms with Crippen molar-refractivity contribution >= 4 is 33.9 Å². The molecule has 0 spiro atoms. The van der Waals surface area contributed by atoms with Crippen molar-refractivity contribution in [3.63, 3.8) is 0 Å². The summed E-state index contributed by atoms with van der Waals surface area (Å²) in [5.41, 5.74) is 8.20. The highest BCUT2D eigenvalue weighted by atomic mass is 16.3. The van der Waals surface area contributed by atoms with Gasteiger partial charge < -0.3 is 25.7 Å². The number of hydrogen-bond donors (Lipinski definition) is 5. The van der Waals surface area contributed by atoms with Gasteiger partial charge in [-0.05, 0) is 59.0 Å². The van der Waals surface area contributed by atoms with E-state index in [-0.39, 0.29) is 24.5 Å². The third-order valence-electron chi connectivity index (χ3n) is 7.55. The molecule has 7 rings (SSSR count). The Labute approximate surface area is 234 Å². The fourth-order valence-electron chi connectivity index (χ4n) is 5.64. The molecule has 0 saturated carbocycles. The highest BCUT2D eigenvalue weighted by Gasteiger charge is 2.32. The van der Waals surface area contributed by atoms with Gasteiger partial charge in [0, 0.05) is 42.1 Å². The van der Waals surface area contributed by atoms with E-state index >= 15 is 0 Å². The Bertz CT molecular complexity index is 1960. The van der Waals surface area contributed by atoms with Crippen LogP contribution in [0.3, 0.4) is 0 Å². The summed E-state index contributed by atoms with van der Waals surface area (Å²) in [6, 6.07) is 22.7. The smallest absolute Gasteiger partial charge is 0.252 e. The van der Waals surface area contributed by atoms with Crippen LogP contribution in [0.2, 0.25) is 0 Å². The molecule has 41 heavy (non-hydrogen) atoms. The van der Waals surface area contributed by atoms with Gasteiger partial charge in [-0.15, -0.1) is 0 Å². The number of carbonyl (C=O) groups excluding carboxylic acids is 2. The van der Waals surface area contributed by atoms with Crippen LogP contribution in [0.15, 0.2) is 85.2 Å². The van der Waals surface area contributed by atoms with E-state index in [1.807, 2.05) is 48.5 Å². The number of aromatic nitrogens is 4. The summed E-state index contributed by atoms with van der Waals surface area (Å²) >= 11 is 0. The molecule has 9 nitrogen and oxygen atoms in total. The summed E-state index contributed by atoms with van der Waals surface area (Å²) in [6.07, 6.45) is 3.91. The Morgan fingerprint density at radius 1 is 0.927 bits per heavy atom. The van der Waals surface area contributed by atoms with Crippen molar-refractivity contribution in [2.24, 2.45) is 0 Å². The first-order valence-electron chi connectivity index (χ1n) is 13.5. The van der Waals surface area contributed by atoms with Crippen LogP contribution in [0.1, 0.15) is 44.3 Å². The average Bonchev–Trinajstić information content (AvgIpc) is 3.73. The second kappa shape index (κ2) is 10.0. The van der Waals surface area contributed by atoms with Crippen LogP contribution in [0.4, 0.5) is 0 Å². The van der Waals surface area contributed by atoms with Gasteiger partial charge in [-0.2, -0.15) is 0 Å². The number of nitrogens with one attached hydrogen (secondary N) is 4.